The Morgan fingerprint density at radius 1 is 0.976 bits per heavy atom. The third kappa shape index (κ3) is 9.84. The van der Waals surface area contributed by atoms with E-state index in [9.17, 15) is 9.59 Å². The van der Waals surface area contributed by atoms with E-state index in [0.717, 1.165) is 28.7 Å². The average Bonchev–Trinajstić information content (AvgIpc) is 2.90. The standard InChI is InChI=1S/C33H44N2O5Si/c1-24(17-26-13-10-14-27(18-26)19-32(37)38)34-21-31(40-41(5,6)33(2,3)4)28-15-16-30(29(20-28)35-23-36)39-22-25-11-8-7-9-12-25/h7-16,18,20,23-24,31,34H,17,19,21-22H2,1-6H3,(H,35,36)(H,37,38)/t24-,31-/m1/s1. The molecular formula is C33H44N2O5Si. The lowest BCUT2D eigenvalue weighted by atomic mass is 10.0. The van der Waals surface area contributed by atoms with Crippen LogP contribution in [0.15, 0.2) is 72.8 Å². The van der Waals surface area contributed by atoms with E-state index in [1.165, 1.54) is 0 Å². The Bertz CT molecular complexity index is 1290. The van der Waals surface area contributed by atoms with Crippen LogP contribution in [0.3, 0.4) is 0 Å². The molecule has 0 aromatic heterocycles. The monoisotopic (exact) mass is 576 g/mol. The molecule has 3 rings (SSSR count). The first kappa shape index (κ1) is 32.1. The fourth-order valence-electron chi connectivity index (χ4n) is 4.32. The maximum atomic E-state index is 11.5. The Hall–Kier alpha value is -3.46. The number of hydrogen-bond acceptors (Lipinski definition) is 5. The van der Waals surface area contributed by atoms with E-state index in [0.29, 0.717) is 31.0 Å². The maximum absolute atomic E-state index is 11.5. The van der Waals surface area contributed by atoms with Gasteiger partial charge in [-0.2, -0.15) is 0 Å². The van der Waals surface area contributed by atoms with Crippen LogP contribution in [0.1, 0.15) is 56.1 Å². The number of hydrogen-bond donors (Lipinski definition) is 3. The van der Waals surface area contributed by atoms with Crippen LogP contribution in [0.25, 0.3) is 0 Å². The van der Waals surface area contributed by atoms with E-state index in [1.807, 2.05) is 72.8 Å². The summed E-state index contributed by atoms with van der Waals surface area (Å²) < 4.78 is 13.0. The number of carboxylic acid groups (broad SMARTS) is 1. The van der Waals surface area contributed by atoms with Gasteiger partial charge in [0.15, 0.2) is 8.32 Å². The minimum Gasteiger partial charge on any atom is -0.487 e. The number of carbonyl (C=O) groups excluding carboxylic acids is 1. The number of nitrogens with one attached hydrogen (secondary N) is 2. The summed E-state index contributed by atoms with van der Waals surface area (Å²) in [6, 6.07) is 23.6. The van der Waals surface area contributed by atoms with Crippen molar-refractivity contribution < 1.29 is 23.9 Å². The molecule has 0 spiro atoms. The van der Waals surface area contributed by atoms with Gasteiger partial charge in [-0.3, -0.25) is 9.59 Å². The lowest BCUT2D eigenvalue weighted by Crippen LogP contribution is -2.44. The van der Waals surface area contributed by atoms with Gasteiger partial charge in [0.1, 0.15) is 12.4 Å². The topological polar surface area (TPSA) is 96.9 Å². The highest BCUT2D eigenvalue weighted by Gasteiger charge is 2.39. The molecule has 1 amide bonds. The minimum atomic E-state index is -2.15. The van der Waals surface area contributed by atoms with Gasteiger partial charge in [0, 0.05) is 12.6 Å². The maximum Gasteiger partial charge on any atom is 0.307 e. The van der Waals surface area contributed by atoms with Crippen LogP contribution in [0.5, 0.6) is 5.75 Å². The van der Waals surface area contributed by atoms with Gasteiger partial charge in [0.2, 0.25) is 6.41 Å². The van der Waals surface area contributed by atoms with Gasteiger partial charge < -0.3 is 24.9 Å². The van der Waals surface area contributed by atoms with Crippen molar-refractivity contribution in [3.63, 3.8) is 0 Å². The van der Waals surface area contributed by atoms with E-state index >= 15 is 0 Å². The Kier molecular flexibility index (Phi) is 11.3. The minimum absolute atomic E-state index is 0.0142. The van der Waals surface area contributed by atoms with Crippen LogP contribution >= 0.6 is 0 Å². The van der Waals surface area contributed by atoms with Crippen molar-refractivity contribution in [3.8, 4) is 5.75 Å². The number of carboxylic acids is 1. The Morgan fingerprint density at radius 3 is 2.32 bits per heavy atom. The van der Waals surface area contributed by atoms with E-state index in [1.54, 1.807) is 0 Å². The highest BCUT2D eigenvalue weighted by Crippen LogP contribution is 2.40. The predicted octanol–water partition coefficient (Wildman–Crippen LogP) is 6.74. The van der Waals surface area contributed by atoms with Gasteiger partial charge in [-0.05, 0) is 65.9 Å². The van der Waals surface area contributed by atoms with Crippen LogP contribution in [0.4, 0.5) is 5.69 Å². The van der Waals surface area contributed by atoms with Crippen molar-refractivity contribution in [2.75, 3.05) is 11.9 Å². The zero-order chi connectivity index (χ0) is 30.0. The summed E-state index contributed by atoms with van der Waals surface area (Å²) in [5.74, 6) is -0.239. The second-order valence-electron chi connectivity index (χ2n) is 12.1. The molecule has 0 unspecified atom stereocenters. The highest BCUT2D eigenvalue weighted by atomic mass is 28.4. The molecule has 0 saturated carbocycles. The summed E-state index contributed by atoms with van der Waals surface area (Å²) in [4.78, 5) is 22.6. The number of carbonyl (C=O) groups is 2. The molecule has 0 bridgehead atoms. The van der Waals surface area contributed by atoms with Crippen molar-refractivity contribution in [1.82, 2.24) is 5.32 Å². The van der Waals surface area contributed by atoms with E-state index in [4.69, 9.17) is 14.3 Å². The van der Waals surface area contributed by atoms with Crippen molar-refractivity contribution in [1.29, 1.82) is 0 Å². The van der Waals surface area contributed by atoms with Gasteiger partial charge >= 0.3 is 5.97 Å². The third-order valence-electron chi connectivity index (χ3n) is 7.61. The first-order valence-electron chi connectivity index (χ1n) is 14.1. The van der Waals surface area contributed by atoms with E-state index in [-0.39, 0.29) is 23.6 Å². The molecule has 0 aliphatic heterocycles. The molecule has 0 radical (unpaired) electrons. The molecule has 0 fully saturated rings. The van der Waals surface area contributed by atoms with Crippen LogP contribution in [0, 0.1) is 0 Å². The third-order valence-corrected chi connectivity index (χ3v) is 12.1. The molecule has 220 valence electrons. The zero-order valence-corrected chi connectivity index (χ0v) is 26.1. The smallest absolute Gasteiger partial charge is 0.307 e. The van der Waals surface area contributed by atoms with Crippen molar-refractivity contribution in [3.05, 3.63) is 95.1 Å². The van der Waals surface area contributed by atoms with Gasteiger partial charge in [-0.1, -0.05) is 81.4 Å². The highest BCUT2D eigenvalue weighted by molar-refractivity contribution is 6.74. The molecule has 3 N–H and O–H groups in total. The molecule has 0 aliphatic rings. The summed E-state index contributed by atoms with van der Waals surface area (Å²) in [5.41, 5.74) is 4.48. The van der Waals surface area contributed by atoms with Crippen LogP contribution in [-0.4, -0.2) is 38.4 Å². The second-order valence-corrected chi connectivity index (χ2v) is 16.8. The Labute approximate surface area is 245 Å². The molecule has 2 atom stereocenters. The van der Waals surface area contributed by atoms with Crippen LogP contribution in [0.2, 0.25) is 18.1 Å². The number of ether oxygens (including phenoxy) is 1. The fourth-order valence-corrected chi connectivity index (χ4v) is 5.60. The van der Waals surface area contributed by atoms with Gasteiger partial charge in [0.25, 0.3) is 0 Å². The van der Waals surface area contributed by atoms with E-state index < -0.39 is 14.3 Å². The lowest BCUT2D eigenvalue weighted by Gasteiger charge is -2.40. The lowest BCUT2D eigenvalue weighted by molar-refractivity contribution is -0.136. The van der Waals surface area contributed by atoms with Crippen LogP contribution < -0.4 is 15.4 Å². The number of anilines is 1. The Balaban J connectivity index is 1.80. The molecule has 0 heterocycles. The zero-order valence-electron chi connectivity index (χ0n) is 25.1. The van der Waals surface area contributed by atoms with Crippen molar-refractivity contribution in [2.24, 2.45) is 0 Å². The molecule has 8 heteroatoms. The predicted molar refractivity (Wildman–Crippen MR) is 167 cm³/mol. The summed E-state index contributed by atoms with van der Waals surface area (Å²) in [6.07, 6.45) is 1.19. The molecule has 41 heavy (non-hydrogen) atoms. The normalized spacial score (nSPS) is 13.3. The molecule has 7 nitrogen and oxygen atoms in total. The number of aliphatic carboxylic acids is 1. The summed E-state index contributed by atoms with van der Waals surface area (Å²) in [7, 11) is -2.15. The van der Waals surface area contributed by atoms with Gasteiger partial charge in [-0.15, -0.1) is 0 Å². The van der Waals surface area contributed by atoms with E-state index in [2.05, 4.69) is 51.4 Å². The van der Waals surface area contributed by atoms with Crippen LogP contribution in [-0.2, 0) is 33.5 Å². The van der Waals surface area contributed by atoms with Gasteiger partial charge in [0.05, 0.1) is 18.2 Å². The molecule has 0 saturated heterocycles. The van der Waals surface area contributed by atoms with Crippen molar-refractivity contribution >= 4 is 26.4 Å². The second kappa shape index (κ2) is 14.4. The number of rotatable bonds is 15. The summed E-state index contributed by atoms with van der Waals surface area (Å²) in [6.45, 7) is 14.2. The molecular weight excluding hydrogens is 532 g/mol. The number of amides is 1. The summed E-state index contributed by atoms with van der Waals surface area (Å²) >= 11 is 0. The summed E-state index contributed by atoms with van der Waals surface area (Å²) in [5, 5.41) is 15.6. The average molecular weight is 577 g/mol. The SMILES string of the molecule is C[C@H](Cc1cccc(CC(=O)O)c1)NC[C@@H](O[Si](C)(C)C(C)(C)C)c1ccc(OCc2ccccc2)c(NC=O)c1. The molecule has 0 aliphatic carbocycles. The first-order valence-corrected chi connectivity index (χ1v) is 17.0. The Morgan fingerprint density at radius 2 is 1.66 bits per heavy atom. The molecule has 3 aromatic rings. The van der Waals surface area contributed by atoms with Crippen molar-refractivity contribution in [2.45, 2.75) is 77.4 Å². The molecule has 3 aromatic carbocycles. The quantitative estimate of drug-likeness (QED) is 0.137. The van der Waals surface area contributed by atoms with Gasteiger partial charge in [-0.25, -0.2) is 0 Å². The fraction of sp³-hybridized carbons (Fsp3) is 0.394. The first-order chi connectivity index (χ1) is 19.4. The largest absolute Gasteiger partial charge is 0.487 e. The number of benzene rings is 3.